The van der Waals surface area contributed by atoms with Gasteiger partial charge in [0.15, 0.2) is 0 Å². The number of rotatable bonds is 4. The monoisotopic (exact) mass is 238 g/mol. The van der Waals surface area contributed by atoms with Gasteiger partial charge in [-0.3, -0.25) is 0 Å². The molecular weight excluding hydrogens is 225 g/mol. The van der Waals surface area contributed by atoms with Gasteiger partial charge in [0.1, 0.15) is 6.10 Å². The number of carbonyl (C=O) groups is 1. The predicted molar refractivity (Wildman–Crippen MR) is 49.5 cm³/mol. The maximum absolute atomic E-state index is 12.1. The third-order valence-electron chi connectivity index (χ3n) is 2.30. The largest absolute Gasteiger partial charge is 0.427 e. The van der Waals surface area contributed by atoms with Gasteiger partial charge in [-0.05, 0) is 6.92 Å². The molecule has 1 saturated heterocycles. The lowest BCUT2D eigenvalue weighted by molar-refractivity contribution is -0.155. The first kappa shape index (κ1) is 13.0. The predicted octanol–water partition coefficient (Wildman–Crippen LogP) is 2.56. The molecule has 0 bridgehead atoms. The molecule has 1 rings (SSSR count). The number of carbonyl (C=O) groups excluding carboxylic acids is 1. The van der Waals surface area contributed by atoms with Crippen LogP contribution in [0.2, 0.25) is 0 Å². The minimum atomic E-state index is -4.32. The molecule has 0 aromatic heterocycles. The maximum atomic E-state index is 12.1. The van der Waals surface area contributed by atoms with Crippen molar-refractivity contribution in [2.24, 2.45) is 0 Å². The van der Waals surface area contributed by atoms with Gasteiger partial charge < -0.3 is 9.47 Å². The first-order chi connectivity index (χ1) is 7.20. The summed E-state index contributed by atoms with van der Waals surface area (Å²) in [6.45, 7) is 6.37. The average molecular weight is 238 g/mol. The van der Waals surface area contributed by atoms with Crippen LogP contribution in [0, 0.1) is 0 Å². The Balaban J connectivity index is 2.57. The van der Waals surface area contributed by atoms with Crippen molar-refractivity contribution in [3.63, 3.8) is 0 Å². The normalized spacial score (nSPS) is 28.7. The summed E-state index contributed by atoms with van der Waals surface area (Å²) >= 11 is 0. The third kappa shape index (κ3) is 2.98. The van der Waals surface area contributed by atoms with Gasteiger partial charge >= 0.3 is 12.1 Å². The quantitative estimate of drug-likeness (QED) is 0.429. The summed E-state index contributed by atoms with van der Waals surface area (Å²) < 4.78 is 46.0. The van der Waals surface area contributed by atoms with Gasteiger partial charge in [-0.1, -0.05) is 13.5 Å². The van der Waals surface area contributed by atoms with Crippen LogP contribution >= 0.6 is 0 Å². The van der Waals surface area contributed by atoms with Crippen LogP contribution in [0.25, 0.3) is 0 Å². The number of halogens is 3. The van der Waals surface area contributed by atoms with E-state index in [4.69, 9.17) is 9.47 Å². The molecule has 1 aliphatic heterocycles. The second-order valence-corrected chi connectivity index (χ2v) is 3.76. The Hall–Kier alpha value is -1.04. The van der Waals surface area contributed by atoms with Gasteiger partial charge in [0.25, 0.3) is 0 Å². The third-order valence-corrected chi connectivity index (χ3v) is 2.30. The van der Waals surface area contributed by atoms with E-state index in [1.807, 2.05) is 0 Å². The Morgan fingerprint density at radius 2 is 2.12 bits per heavy atom. The number of ether oxygens (including phenoxy) is 2. The lowest BCUT2D eigenvalue weighted by Gasteiger charge is -2.12. The van der Waals surface area contributed by atoms with Crippen LogP contribution in [0.3, 0.4) is 0 Å². The van der Waals surface area contributed by atoms with E-state index in [0.717, 1.165) is 0 Å². The molecule has 92 valence electrons. The Morgan fingerprint density at radius 3 is 2.50 bits per heavy atom. The van der Waals surface area contributed by atoms with Gasteiger partial charge in [0, 0.05) is 12.0 Å². The summed E-state index contributed by atoms with van der Waals surface area (Å²) in [6.07, 6.45) is -6.34. The summed E-state index contributed by atoms with van der Waals surface area (Å²) in [5.41, 5.74) is 0.133. The zero-order valence-corrected chi connectivity index (χ0v) is 9.06. The molecule has 1 fully saturated rings. The van der Waals surface area contributed by atoms with E-state index < -0.39 is 30.5 Å². The summed E-state index contributed by atoms with van der Waals surface area (Å²) in [5, 5.41) is 0. The van der Waals surface area contributed by atoms with Crippen LogP contribution in [0.5, 0.6) is 0 Å². The van der Waals surface area contributed by atoms with Crippen molar-refractivity contribution >= 4 is 5.97 Å². The molecule has 0 saturated carbocycles. The van der Waals surface area contributed by atoms with Gasteiger partial charge in [0.05, 0.1) is 6.42 Å². The molecule has 1 aliphatic rings. The minimum absolute atomic E-state index is 0.133. The van der Waals surface area contributed by atoms with E-state index in [1.165, 1.54) is 6.92 Å². The summed E-state index contributed by atoms with van der Waals surface area (Å²) in [4.78, 5) is 11.2. The summed E-state index contributed by atoms with van der Waals surface area (Å²) in [5.74, 6) is -2.14. The van der Waals surface area contributed by atoms with Crippen LogP contribution in [-0.4, -0.2) is 24.0 Å². The summed E-state index contributed by atoms with van der Waals surface area (Å²) in [6, 6.07) is 0. The van der Waals surface area contributed by atoms with E-state index in [-0.39, 0.29) is 12.0 Å². The zero-order chi connectivity index (χ0) is 12.6. The van der Waals surface area contributed by atoms with Crippen molar-refractivity contribution in [2.45, 2.75) is 44.8 Å². The Bertz CT molecular complexity index is 311. The molecule has 6 heteroatoms. The molecule has 2 atom stereocenters. The van der Waals surface area contributed by atoms with E-state index in [1.54, 1.807) is 6.92 Å². The first-order valence-electron chi connectivity index (χ1n) is 4.83. The van der Waals surface area contributed by atoms with Crippen molar-refractivity contribution in [1.29, 1.82) is 0 Å². The standard InChI is InChI=1S/C10H13F3O3/c1-4-9(16-8(14)6(2)3)7(15-9)5-10(11,12)13/h7H,2,4-5H2,1,3H3. The highest BCUT2D eigenvalue weighted by atomic mass is 19.4. The molecular formula is C10H13F3O3. The maximum Gasteiger partial charge on any atom is 0.391 e. The minimum Gasteiger partial charge on any atom is -0.427 e. The molecule has 0 aromatic rings. The van der Waals surface area contributed by atoms with Gasteiger partial charge in [0.2, 0.25) is 5.79 Å². The van der Waals surface area contributed by atoms with Crippen LogP contribution in [0.15, 0.2) is 12.2 Å². The van der Waals surface area contributed by atoms with Crippen molar-refractivity contribution < 1.29 is 27.4 Å². The van der Waals surface area contributed by atoms with Crippen molar-refractivity contribution in [3.05, 3.63) is 12.2 Å². The highest BCUT2D eigenvalue weighted by Gasteiger charge is 2.62. The topological polar surface area (TPSA) is 38.8 Å². The van der Waals surface area contributed by atoms with E-state index >= 15 is 0 Å². The second-order valence-electron chi connectivity index (χ2n) is 3.76. The van der Waals surface area contributed by atoms with Gasteiger partial charge in [-0.2, -0.15) is 13.2 Å². The lowest BCUT2D eigenvalue weighted by atomic mass is 10.1. The number of hydrogen-bond acceptors (Lipinski definition) is 3. The van der Waals surface area contributed by atoms with Crippen LogP contribution in [0.4, 0.5) is 13.2 Å². The van der Waals surface area contributed by atoms with Crippen LogP contribution < -0.4 is 0 Å². The van der Waals surface area contributed by atoms with Crippen molar-refractivity contribution in [1.82, 2.24) is 0 Å². The zero-order valence-electron chi connectivity index (χ0n) is 9.06. The summed E-state index contributed by atoms with van der Waals surface area (Å²) in [7, 11) is 0. The molecule has 16 heavy (non-hydrogen) atoms. The van der Waals surface area contributed by atoms with Gasteiger partial charge in [-0.15, -0.1) is 0 Å². The van der Waals surface area contributed by atoms with Crippen molar-refractivity contribution in [3.8, 4) is 0 Å². The smallest absolute Gasteiger partial charge is 0.391 e. The molecule has 0 aliphatic carbocycles. The lowest BCUT2D eigenvalue weighted by Crippen LogP contribution is -2.26. The fourth-order valence-electron chi connectivity index (χ4n) is 1.33. The average Bonchev–Trinajstić information content (AvgIpc) is 2.76. The molecule has 2 unspecified atom stereocenters. The SMILES string of the molecule is C=C(C)C(=O)OC1(CC)OC1CC(F)(F)F. The van der Waals surface area contributed by atoms with E-state index in [2.05, 4.69) is 6.58 Å². The molecule has 0 aromatic carbocycles. The van der Waals surface area contributed by atoms with E-state index in [9.17, 15) is 18.0 Å². The van der Waals surface area contributed by atoms with Crippen molar-refractivity contribution in [2.75, 3.05) is 0 Å². The van der Waals surface area contributed by atoms with Gasteiger partial charge in [-0.25, -0.2) is 4.79 Å². The highest BCUT2D eigenvalue weighted by Crippen LogP contribution is 2.46. The Kier molecular flexibility index (Phi) is 3.33. The molecule has 0 amide bonds. The fourth-order valence-corrected chi connectivity index (χ4v) is 1.33. The number of esters is 1. The second kappa shape index (κ2) is 4.08. The fraction of sp³-hybridized carbons (Fsp3) is 0.700. The number of hydrogen-bond donors (Lipinski definition) is 0. The first-order valence-corrected chi connectivity index (χ1v) is 4.83. The molecule has 3 nitrogen and oxygen atoms in total. The van der Waals surface area contributed by atoms with Crippen LogP contribution in [0.1, 0.15) is 26.7 Å². The molecule has 1 heterocycles. The van der Waals surface area contributed by atoms with E-state index in [0.29, 0.717) is 0 Å². The highest BCUT2D eigenvalue weighted by molar-refractivity contribution is 5.87. The Morgan fingerprint density at radius 1 is 1.56 bits per heavy atom. The number of epoxide rings is 1. The molecule has 0 radical (unpaired) electrons. The molecule has 0 N–H and O–H groups in total. The molecule has 0 spiro atoms. The van der Waals surface area contributed by atoms with Crippen LogP contribution in [-0.2, 0) is 14.3 Å². The Labute approximate surface area is 91.2 Å². The number of alkyl halides is 3.